The second-order valence-corrected chi connectivity index (χ2v) is 7.60. The van der Waals surface area contributed by atoms with Crippen molar-refractivity contribution in [3.8, 4) is 11.3 Å². The Morgan fingerprint density at radius 3 is 2.89 bits per heavy atom. The van der Waals surface area contributed by atoms with Crippen LogP contribution in [0.15, 0.2) is 40.9 Å². The maximum Gasteiger partial charge on any atom is 0.284 e. The fraction of sp³-hybridized carbons (Fsp3) is 0.263. The molecular formula is C19H19N3O4S. The first kappa shape index (κ1) is 17.9. The Hall–Kier alpha value is -2.52. The second-order valence-electron chi connectivity index (χ2n) is 6.46. The van der Waals surface area contributed by atoms with Crippen molar-refractivity contribution in [1.29, 1.82) is 0 Å². The van der Waals surface area contributed by atoms with Crippen LogP contribution in [0.3, 0.4) is 0 Å². The lowest BCUT2D eigenvalue weighted by atomic mass is 10.0. The fourth-order valence-electron chi connectivity index (χ4n) is 3.39. The quantitative estimate of drug-likeness (QED) is 0.472. The Morgan fingerprint density at radius 2 is 2.15 bits per heavy atom. The highest BCUT2D eigenvalue weighted by Gasteiger charge is 2.30. The molecule has 3 heterocycles. The third-order valence-electron chi connectivity index (χ3n) is 4.80. The number of hydrogen-bond acceptors (Lipinski definition) is 7. The van der Waals surface area contributed by atoms with Gasteiger partial charge < -0.3 is 9.63 Å². The largest absolute Gasteiger partial charge is 0.374 e. The molecule has 4 rings (SSSR count). The van der Waals surface area contributed by atoms with E-state index in [-0.39, 0.29) is 0 Å². The number of amides is 1. The normalized spacial score (nSPS) is 15.4. The molecule has 0 saturated carbocycles. The van der Waals surface area contributed by atoms with E-state index >= 15 is 0 Å². The van der Waals surface area contributed by atoms with Crippen LogP contribution in [-0.4, -0.2) is 32.8 Å². The lowest BCUT2D eigenvalue weighted by molar-refractivity contribution is -0.00748. The van der Waals surface area contributed by atoms with E-state index in [1.54, 1.807) is 18.5 Å². The number of carbonyl (C=O) groups is 1. The molecule has 140 valence electrons. The van der Waals surface area contributed by atoms with Gasteiger partial charge in [-0.1, -0.05) is 35.5 Å². The number of aliphatic hydroxyl groups excluding tert-OH is 1. The third-order valence-corrected chi connectivity index (χ3v) is 5.96. The van der Waals surface area contributed by atoms with E-state index < -0.39 is 12.1 Å². The first-order valence-electron chi connectivity index (χ1n) is 8.58. The van der Waals surface area contributed by atoms with Crippen molar-refractivity contribution >= 4 is 17.2 Å². The van der Waals surface area contributed by atoms with Crippen LogP contribution >= 0.6 is 11.3 Å². The van der Waals surface area contributed by atoms with E-state index in [9.17, 15) is 9.90 Å². The number of hydroxylamine groups is 1. The smallest absolute Gasteiger partial charge is 0.284 e. The Kier molecular flexibility index (Phi) is 4.79. The lowest BCUT2D eigenvalue weighted by Gasteiger charge is -2.31. The van der Waals surface area contributed by atoms with Crippen molar-refractivity contribution in [3.63, 3.8) is 0 Å². The summed E-state index contributed by atoms with van der Waals surface area (Å²) in [6, 6.07) is 11.4. The molecule has 3 N–H and O–H groups in total. The minimum atomic E-state index is -0.864. The number of aromatic nitrogens is 1. The molecule has 1 unspecified atom stereocenters. The summed E-state index contributed by atoms with van der Waals surface area (Å²) in [5, 5.41) is 24.0. The summed E-state index contributed by atoms with van der Waals surface area (Å²) in [5.74, 6) is 0.0708. The number of aliphatic hydroxyl groups is 1. The van der Waals surface area contributed by atoms with Crippen molar-refractivity contribution in [2.45, 2.75) is 26.1 Å². The van der Waals surface area contributed by atoms with Crippen molar-refractivity contribution in [2.75, 3.05) is 6.54 Å². The molecule has 0 aliphatic carbocycles. The van der Waals surface area contributed by atoms with E-state index in [1.807, 2.05) is 35.2 Å². The monoisotopic (exact) mass is 385 g/mol. The van der Waals surface area contributed by atoms with Gasteiger partial charge in [-0.05, 0) is 25.0 Å². The van der Waals surface area contributed by atoms with Crippen LogP contribution in [0, 0.1) is 6.92 Å². The van der Waals surface area contributed by atoms with Crippen molar-refractivity contribution < 1.29 is 19.6 Å². The SMILES string of the molecule is Cc1onc(-c2ccccc2)c1C(O)N1CCc2cc(C(=O)NO)sc2C1. The zero-order valence-electron chi connectivity index (χ0n) is 14.7. The summed E-state index contributed by atoms with van der Waals surface area (Å²) in [6.45, 7) is 2.95. The number of fused-ring (bicyclic) bond motifs is 1. The van der Waals surface area contributed by atoms with Gasteiger partial charge in [-0.15, -0.1) is 11.3 Å². The maximum absolute atomic E-state index is 11.6. The molecule has 27 heavy (non-hydrogen) atoms. The second kappa shape index (κ2) is 7.24. The van der Waals surface area contributed by atoms with Gasteiger partial charge in [0.2, 0.25) is 0 Å². The molecule has 2 aromatic heterocycles. The van der Waals surface area contributed by atoms with Gasteiger partial charge in [0.05, 0.1) is 10.4 Å². The fourth-order valence-corrected chi connectivity index (χ4v) is 4.51. The van der Waals surface area contributed by atoms with Gasteiger partial charge in [0, 0.05) is 23.5 Å². The predicted molar refractivity (Wildman–Crippen MR) is 99.3 cm³/mol. The summed E-state index contributed by atoms with van der Waals surface area (Å²) in [4.78, 5) is 15.1. The average Bonchev–Trinajstić information content (AvgIpc) is 3.30. The van der Waals surface area contributed by atoms with E-state index in [1.165, 1.54) is 11.3 Å². The molecule has 1 aliphatic rings. The zero-order valence-corrected chi connectivity index (χ0v) is 15.5. The van der Waals surface area contributed by atoms with Gasteiger partial charge >= 0.3 is 0 Å². The number of rotatable bonds is 4. The predicted octanol–water partition coefficient (Wildman–Crippen LogP) is 2.88. The summed E-state index contributed by atoms with van der Waals surface area (Å²) in [5.41, 5.74) is 4.93. The minimum absolute atomic E-state index is 0.463. The molecular weight excluding hydrogens is 366 g/mol. The van der Waals surface area contributed by atoms with Gasteiger partial charge in [-0.3, -0.25) is 14.9 Å². The molecule has 1 amide bonds. The number of carbonyl (C=O) groups excluding carboxylic acids is 1. The molecule has 0 bridgehead atoms. The molecule has 0 spiro atoms. The van der Waals surface area contributed by atoms with Crippen LogP contribution in [0.4, 0.5) is 0 Å². The Morgan fingerprint density at radius 1 is 1.37 bits per heavy atom. The molecule has 7 nitrogen and oxygen atoms in total. The van der Waals surface area contributed by atoms with Crippen LogP contribution in [0.2, 0.25) is 0 Å². The van der Waals surface area contributed by atoms with Crippen molar-refractivity contribution in [1.82, 2.24) is 15.5 Å². The lowest BCUT2D eigenvalue weighted by Crippen LogP contribution is -2.33. The highest BCUT2D eigenvalue weighted by Crippen LogP contribution is 2.36. The number of hydrogen-bond donors (Lipinski definition) is 3. The molecule has 0 saturated heterocycles. The van der Waals surface area contributed by atoms with E-state index in [0.29, 0.717) is 41.4 Å². The minimum Gasteiger partial charge on any atom is -0.374 e. The third kappa shape index (κ3) is 3.28. The molecule has 0 radical (unpaired) electrons. The topological polar surface area (TPSA) is 98.8 Å². The highest BCUT2D eigenvalue weighted by atomic mass is 32.1. The van der Waals surface area contributed by atoms with Gasteiger partial charge in [0.25, 0.3) is 5.91 Å². The maximum atomic E-state index is 11.6. The van der Waals surface area contributed by atoms with Gasteiger partial charge in [-0.25, -0.2) is 5.48 Å². The Balaban J connectivity index is 1.62. The molecule has 1 aliphatic heterocycles. The van der Waals surface area contributed by atoms with Crippen LogP contribution in [-0.2, 0) is 13.0 Å². The molecule has 1 atom stereocenters. The van der Waals surface area contributed by atoms with Gasteiger partial charge in [0.1, 0.15) is 17.7 Å². The van der Waals surface area contributed by atoms with Crippen LogP contribution in [0.25, 0.3) is 11.3 Å². The number of nitrogens with zero attached hydrogens (tertiary/aromatic N) is 2. The molecule has 3 aromatic rings. The van der Waals surface area contributed by atoms with E-state index in [0.717, 1.165) is 16.0 Å². The summed E-state index contributed by atoms with van der Waals surface area (Å²) >= 11 is 1.33. The number of benzene rings is 1. The Labute approximate surface area is 159 Å². The van der Waals surface area contributed by atoms with Gasteiger partial charge in [-0.2, -0.15) is 0 Å². The van der Waals surface area contributed by atoms with Gasteiger partial charge in [0.15, 0.2) is 0 Å². The summed E-state index contributed by atoms with van der Waals surface area (Å²) in [7, 11) is 0. The summed E-state index contributed by atoms with van der Waals surface area (Å²) < 4.78 is 5.37. The van der Waals surface area contributed by atoms with Crippen molar-refractivity contribution in [2.24, 2.45) is 0 Å². The van der Waals surface area contributed by atoms with E-state index in [2.05, 4.69) is 5.16 Å². The zero-order chi connectivity index (χ0) is 19.0. The Bertz CT molecular complexity index is 967. The highest BCUT2D eigenvalue weighted by molar-refractivity contribution is 7.14. The number of thiophene rings is 1. The standard InChI is InChI=1S/C19H19N3O4S/c1-11-16(17(21-26-11)12-5-3-2-4-6-12)19(24)22-8-7-13-9-14(18(23)20-25)27-15(13)10-22/h2-6,9,19,24-25H,7-8,10H2,1H3,(H,20,23). The van der Waals surface area contributed by atoms with Crippen LogP contribution in [0.1, 0.15) is 37.7 Å². The van der Waals surface area contributed by atoms with Crippen LogP contribution in [0.5, 0.6) is 0 Å². The average molecular weight is 385 g/mol. The number of aryl methyl sites for hydroxylation is 1. The number of nitrogens with one attached hydrogen (secondary N) is 1. The van der Waals surface area contributed by atoms with E-state index in [4.69, 9.17) is 9.73 Å². The molecule has 0 fully saturated rings. The first-order valence-corrected chi connectivity index (χ1v) is 9.40. The summed E-state index contributed by atoms with van der Waals surface area (Å²) in [6.07, 6.45) is -0.149. The van der Waals surface area contributed by atoms with Crippen LogP contribution < -0.4 is 5.48 Å². The molecule has 1 aromatic carbocycles. The van der Waals surface area contributed by atoms with Crippen molar-refractivity contribution in [3.05, 3.63) is 63.0 Å². The molecule has 8 heteroatoms. The first-order chi connectivity index (χ1) is 13.1.